The Balaban J connectivity index is 1.30. The summed E-state index contributed by atoms with van der Waals surface area (Å²) in [5.41, 5.74) is 3.37. The summed E-state index contributed by atoms with van der Waals surface area (Å²) in [6, 6.07) is 6.61. The van der Waals surface area contributed by atoms with Crippen LogP contribution in [0.1, 0.15) is 42.5 Å². The number of likely N-dealkylation sites (tertiary alicyclic amines) is 1. The van der Waals surface area contributed by atoms with E-state index in [9.17, 15) is 18.0 Å². The number of ether oxygens (including phenoxy) is 2. The number of pyridine rings is 3. The number of nitrogens with zero attached hydrogens (tertiary/aromatic N) is 4. The van der Waals surface area contributed by atoms with Crippen molar-refractivity contribution in [2.75, 3.05) is 25.5 Å². The van der Waals surface area contributed by atoms with Crippen molar-refractivity contribution in [2.45, 2.75) is 51.2 Å². The molecule has 38 heavy (non-hydrogen) atoms. The lowest BCUT2D eigenvalue weighted by molar-refractivity contribution is -0.131. The molecule has 1 amide bonds. The number of hydrogen-bond acceptors (Lipinski definition) is 7. The average molecular weight is 528 g/mol. The van der Waals surface area contributed by atoms with Crippen molar-refractivity contribution in [3.63, 3.8) is 0 Å². The molecular weight excluding hydrogens is 499 g/mol. The predicted molar refractivity (Wildman–Crippen MR) is 134 cm³/mol. The molecule has 2 aliphatic rings. The zero-order valence-electron chi connectivity index (χ0n) is 21.3. The molecule has 8 nitrogen and oxygen atoms in total. The minimum Gasteiger partial charge on any atom is -0.481 e. The molecular formula is C27H28F3N5O3. The molecule has 5 rings (SSSR count). The second kappa shape index (κ2) is 10.1. The molecule has 11 heteroatoms. The van der Waals surface area contributed by atoms with Gasteiger partial charge in [0.05, 0.1) is 24.8 Å². The Bertz CT molecular complexity index is 1350. The van der Waals surface area contributed by atoms with Gasteiger partial charge in [-0.2, -0.15) is 8.78 Å². The van der Waals surface area contributed by atoms with Crippen molar-refractivity contribution in [2.24, 2.45) is 0 Å². The zero-order chi connectivity index (χ0) is 27.0. The number of alkyl halides is 2. The zero-order valence-corrected chi connectivity index (χ0v) is 21.3. The maximum atomic E-state index is 14.4. The maximum absolute atomic E-state index is 14.4. The number of anilines is 1. The highest BCUT2D eigenvalue weighted by Gasteiger charge is 2.43. The van der Waals surface area contributed by atoms with Crippen molar-refractivity contribution in [3.05, 3.63) is 59.3 Å². The van der Waals surface area contributed by atoms with Gasteiger partial charge >= 0.3 is 6.61 Å². The summed E-state index contributed by atoms with van der Waals surface area (Å²) in [5, 5.41) is 3.59. The molecule has 0 bridgehead atoms. The van der Waals surface area contributed by atoms with Gasteiger partial charge in [-0.3, -0.25) is 4.79 Å². The minimum atomic E-state index is -2.93. The van der Waals surface area contributed by atoms with E-state index in [4.69, 9.17) is 9.72 Å². The highest BCUT2D eigenvalue weighted by molar-refractivity contribution is 5.84. The van der Waals surface area contributed by atoms with Crippen LogP contribution in [-0.2, 0) is 11.2 Å². The summed E-state index contributed by atoms with van der Waals surface area (Å²) in [6.45, 7) is 1.71. The van der Waals surface area contributed by atoms with Gasteiger partial charge in [-0.05, 0) is 50.8 Å². The van der Waals surface area contributed by atoms with E-state index in [0.717, 1.165) is 53.7 Å². The first-order valence-electron chi connectivity index (χ1n) is 12.4. The van der Waals surface area contributed by atoms with Crippen LogP contribution < -0.4 is 14.8 Å². The summed E-state index contributed by atoms with van der Waals surface area (Å²) in [5.74, 6) is -0.461. The topological polar surface area (TPSA) is 89.5 Å². The molecule has 3 aromatic rings. The lowest BCUT2D eigenvalue weighted by atomic mass is 9.86. The van der Waals surface area contributed by atoms with Crippen molar-refractivity contribution < 1.29 is 27.4 Å². The van der Waals surface area contributed by atoms with Gasteiger partial charge in [0.25, 0.3) is 0 Å². The van der Waals surface area contributed by atoms with Gasteiger partial charge < -0.3 is 19.7 Å². The van der Waals surface area contributed by atoms with Gasteiger partial charge in [0.1, 0.15) is 11.6 Å². The van der Waals surface area contributed by atoms with Crippen LogP contribution in [0.4, 0.5) is 19.0 Å². The number of carbonyl (C=O) groups excluding carboxylic acids is 1. The summed E-state index contributed by atoms with van der Waals surface area (Å²) >= 11 is 0. The molecule has 2 atom stereocenters. The van der Waals surface area contributed by atoms with Crippen LogP contribution in [0, 0.1) is 12.7 Å². The van der Waals surface area contributed by atoms with Crippen molar-refractivity contribution in [1.29, 1.82) is 0 Å². The average Bonchev–Trinajstić information content (AvgIpc) is 3.31. The number of aryl methyl sites for hydroxylation is 2. The Morgan fingerprint density at radius 1 is 1.16 bits per heavy atom. The van der Waals surface area contributed by atoms with Gasteiger partial charge in [-0.25, -0.2) is 19.3 Å². The van der Waals surface area contributed by atoms with Crippen LogP contribution in [0.5, 0.6) is 11.8 Å². The normalized spacial score (nSPS) is 19.3. The van der Waals surface area contributed by atoms with Crippen molar-refractivity contribution in [3.8, 4) is 22.9 Å². The smallest absolute Gasteiger partial charge is 0.388 e. The third-order valence-electron chi connectivity index (χ3n) is 7.38. The number of halogens is 3. The van der Waals surface area contributed by atoms with Gasteiger partial charge in [-0.15, -0.1) is 0 Å². The molecule has 0 saturated carbocycles. The van der Waals surface area contributed by atoms with E-state index in [1.807, 2.05) is 13.0 Å². The highest BCUT2D eigenvalue weighted by atomic mass is 19.3. The largest absolute Gasteiger partial charge is 0.481 e. The molecule has 2 aliphatic heterocycles. The van der Waals surface area contributed by atoms with Gasteiger partial charge in [0, 0.05) is 53.8 Å². The summed E-state index contributed by atoms with van der Waals surface area (Å²) < 4.78 is 48.7. The van der Waals surface area contributed by atoms with Crippen molar-refractivity contribution in [1.82, 2.24) is 19.9 Å². The molecule has 0 unspecified atom stereocenters. The number of carbonyl (C=O) groups is 1. The number of nitrogens with one attached hydrogen (secondary N) is 1. The molecule has 0 aromatic carbocycles. The molecule has 1 saturated heterocycles. The van der Waals surface area contributed by atoms with Gasteiger partial charge in [0.2, 0.25) is 17.7 Å². The molecule has 1 spiro atoms. The second-order valence-electron chi connectivity index (χ2n) is 9.78. The van der Waals surface area contributed by atoms with E-state index in [-0.39, 0.29) is 28.8 Å². The molecule has 3 aromatic heterocycles. The first-order chi connectivity index (χ1) is 18.2. The van der Waals surface area contributed by atoms with E-state index in [1.54, 1.807) is 17.9 Å². The molecule has 0 radical (unpaired) electrons. The Morgan fingerprint density at radius 3 is 2.66 bits per heavy atom. The fraction of sp³-hybridized carbons (Fsp3) is 0.407. The number of aromatic nitrogens is 3. The van der Waals surface area contributed by atoms with Gasteiger partial charge in [0.15, 0.2) is 0 Å². The van der Waals surface area contributed by atoms with Crippen LogP contribution in [0.15, 0.2) is 36.7 Å². The summed E-state index contributed by atoms with van der Waals surface area (Å²) in [7, 11) is 1.45. The standard InChI is InChI=1S/C27H28F3N5O3/c1-15(19-11-23(37-3)32-13-21(19)28)25(36)35-9-8-27(14-35)7-6-17-10-20(16(2)33-24(17)34-27)18-4-5-22(31-12-18)38-26(29)30/h4-5,10-13,15,26H,6-9,14H2,1-3H3,(H,33,34)/t15-,27+/m1/s1. The molecule has 5 heterocycles. The molecule has 1 fully saturated rings. The fourth-order valence-corrected chi connectivity index (χ4v) is 5.28. The second-order valence-corrected chi connectivity index (χ2v) is 9.78. The maximum Gasteiger partial charge on any atom is 0.388 e. The van der Waals surface area contributed by atoms with Crippen LogP contribution in [0.2, 0.25) is 0 Å². The number of hydrogen-bond donors (Lipinski definition) is 1. The van der Waals surface area contributed by atoms with E-state index < -0.39 is 18.3 Å². The monoisotopic (exact) mass is 527 g/mol. The first-order valence-corrected chi connectivity index (χ1v) is 12.4. The van der Waals surface area contributed by atoms with Crippen LogP contribution >= 0.6 is 0 Å². The predicted octanol–water partition coefficient (Wildman–Crippen LogP) is 4.73. The van der Waals surface area contributed by atoms with Crippen LogP contribution in [0.25, 0.3) is 11.1 Å². The van der Waals surface area contributed by atoms with E-state index in [2.05, 4.69) is 20.0 Å². The fourth-order valence-electron chi connectivity index (χ4n) is 5.28. The Labute approximate surface area is 218 Å². The van der Waals surface area contributed by atoms with Gasteiger partial charge in [-0.1, -0.05) is 0 Å². The molecule has 1 N–H and O–H groups in total. The number of methoxy groups -OCH3 is 1. The third kappa shape index (κ3) is 4.97. The molecule has 0 aliphatic carbocycles. The van der Waals surface area contributed by atoms with Crippen LogP contribution in [-0.4, -0.2) is 58.1 Å². The third-order valence-corrected chi connectivity index (χ3v) is 7.38. The van der Waals surface area contributed by atoms with E-state index in [0.29, 0.717) is 13.1 Å². The highest BCUT2D eigenvalue weighted by Crippen LogP contribution is 2.39. The Kier molecular flexibility index (Phi) is 6.85. The Hall–Kier alpha value is -3.89. The number of amides is 1. The van der Waals surface area contributed by atoms with Crippen LogP contribution in [0.3, 0.4) is 0 Å². The molecule has 200 valence electrons. The minimum absolute atomic E-state index is 0.142. The lowest BCUT2D eigenvalue weighted by Crippen LogP contribution is -2.46. The first kappa shape index (κ1) is 25.7. The number of fused-ring (bicyclic) bond motifs is 1. The lowest BCUT2D eigenvalue weighted by Gasteiger charge is -2.36. The number of rotatable bonds is 6. The Morgan fingerprint density at radius 2 is 1.95 bits per heavy atom. The van der Waals surface area contributed by atoms with Crippen molar-refractivity contribution >= 4 is 11.7 Å². The summed E-state index contributed by atoms with van der Waals surface area (Å²) in [6.07, 6.45) is 4.89. The SMILES string of the molecule is COc1cc([C@@H](C)C(=O)N2CC[C@@]3(CCc4cc(-c5ccc(OC(F)F)nc5)c(C)nc4N3)C2)c(F)cn1. The van der Waals surface area contributed by atoms with E-state index >= 15 is 0 Å². The summed E-state index contributed by atoms with van der Waals surface area (Å²) in [4.78, 5) is 27.7. The quantitative estimate of drug-likeness (QED) is 0.496. The van der Waals surface area contributed by atoms with E-state index in [1.165, 1.54) is 25.4 Å².